The summed E-state index contributed by atoms with van der Waals surface area (Å²) in [4.78, 5) is 8.62. The highest BCUT2D eigenvalue weighted by atomic mass is 32.2. The molecule has 0 amide bonds. The maximum Gasteiger partial charge on any atom is 0.222 e. The summed E-state index contributed by atoms with van der Waals surface area (Å²) in [5, 5.41) is 4.17. The molecule has 0 spiro atoms. The van der Waals surface area contributed by atoms with Gasteiger partial charge in [0.15, 0.2) is 0 Å². The first-order valence-electron chi connectivity index (χ1n) is 5.87. The van der Waals surface area contributed by atoms with E-state index < -0.39 is 0 Å². The average Bonchev–Trinajstić information content (AvgIpc) is 2.33. The zero-order valence-corrected chi connectivity index (χ0v) is 10.8. The fraction of sp³-hybridized carbons (Fsp3) is 0.667. The minimum Gasteiger partial charge on any atom is -0.350 e. The molecular formula is C12H19N3S. The Balaban J connectivity index is 1.99. The van der Waals surface area contributed by atoms with Gasteiger partial charge < -0.3 is 5.32 Å². The van der Waals surface area contributed by atoms with E-state index >= 15 is 0 Å². The van der Waals surface area contributed by atoms with Gasteiger partial charge in [0.2, 0.25) is 5.95 Å². The summed E-state index contributed by atoms with van der Waals surface area (Å²) < 4.78 is 0. The minimum atomic E-state index is 0.534. The normalized spacial score (nSPS) is 25.4. The number of hydrogen-bond acceptors (Lipinski definition) is 4. The van der Waals surface area contributed by atoms with Gasteiger partial charge in [0.25, 0.3) is 0 Å². The minimum absolute atomic E-state index is 0.534. The van der Waals surface area contributed by atoms with Crippen molar-refractivity contribution in [1.29, 1.82) is 0 Å². The Hall–Kier alpha value is -0.770. The molecule has 2 atom stereocenters. The smallest absolute Gasteiger partial charge is 0.222 e. The Labute approximate surface area is 101 Å². The van der Waals surface area contributed by atoms with Crippen LogP contribution in [0.25, 0.3) is 0 Å². The molecule has 88 valence electrons. The van der Waals surface area contributed by atoms with Gasteiger partial charge in [0.1, 0.15) is 0 Å². The van der Waals surface area contributed by atoms with Gasteiger partial charge in [-0.1, -0.05) is 12.8 Å². The third-order valence-electron chi connectivity index (χ3n) is 3.10. The molecular weight excluding hydrogens is 218 g/mol. The van der Waals surface area contributed by atoms with Crippen molar-refractivity contribution >= 4 is 17.7 Å². The van der Waals surface area contributed by atoms with Crippen molar-refractivity contribution in [2.75, 3.05) is 11.6 Å². The van der Waals surface area contributed by atoms with E-state index in [1.807, 2.05) is 31.1 Å². The Bertz CT molecular complexity index is 326. The van der Waals surface area contributed by atoms with Gasteiger partial charge in [-0.25, -0.2) is 9.97 Å². The maximum absolute atomic E-state index is 4.31. The molecule has 1 aliphatic carbocycles. The highest BCUT2D eigenvalue weighted by Crippen LogP contribution is 2.28. The average molecular weight is 237 g/mol. The molecule has 1 aromatic rings. The lowest BCUT2D eigenvalue weighted by Crippen LogP contribution is -2.34. The van der Waals surface area contributed by atoms with Crippen LogP contribution in [0.4, 0.5) is 5.95 Å². The lowest BCUT2D eigenvalue weighted by atomic mass is 9.95. The molecule has 0 radical (unpaired) electrons. The van der Waals surface area contributed by atoms with Crippen molar-refractivity contribution in [2.24, 2.45) is 0 Å². The summed E-state index contributed by atoms with van der Waals surface area (Å²) >= 11 is 1.96. The molecule has 16 heavy (non-hydrogen) atoms. The number of hydrogen-bond donors (Lipinski definition) is 1. The summed E-state index contributed by atoms with van der Waals surface area (Å²) in [5.41, 5.74) is 1.11. The van der Waals surface area contributed by atoms with E-state index in [1.165, 1.54) is 25.7 Å². The lowest BCUT2D eigenvalue weighted by molar-refractivity contribution is 0.473. The van der Waals surface area contributed by atoms with Gasteiger partial charge in [-0.15, -0.1) is 0 Å². The molecule has 0 aliphatic heterocycles. The van der Waals surface area contributed by atoms with Crippen LogP contribution in [-0.4, -0.2) is 27.5 Å². The molecule has 0 bridgehead atoms. The van der Waals surface area contributed by atoms with Crippen LogP contribution >= 0.6 is 11.8 Å². The largest absolute Gasteiger partial charge is 0.350 e. The molecule has 3 nitrogen and oxygen atoms in total. The summed E-state index contributed by atoms with van der Waals surface area (Å²) in [5.74, 6) is 0.775. The molecule has 1 heterocycles. The van der Waals surface area contributed by atoms with Crippen LogP contribution in [0.1, 0.15) is 31.2 Å². The van der Waals surface area contributed by atoms with Crippen LogP contribution in [0.3, 0.4) is 0 Å². The van der Waals surface area contributed by atoms with Crippen LogP contribution in [0, 0.1) is 6.92 Å². The molecule has 2 unspecified atom stereocenters. The van der Waals surface area contributed by atoms with E-state index in [0.717, 1.165) is 11.5 Å². The maximum atomic E-state index is 4.31. The van der Waals surface area contributed by atoms with Crippen molar-refractivity contribution in [3.8, 4) is 0 Å². The summed E-state index contributed by atoms with van der Waals surface area (Å²) in [6.45, 7) is 2.01. The second-order valence-corrected chi connectivity index (χ2v) is 5.47. The first-order chi connectivity index (χ1) is 7.79. The van der Waals surface area contributed by atoms with Gasteiger partial charge in [0.05, 0.1) is 0 Å². The second kappa shape index (κ2) is 5.53. The number of nitrogens with zero attached hydrogens (tertiary/aromatic N) is 2. The van der Waals surface area contributed by atoms with E-state index in [9.17, 15) is 0 Å². The Morgan fingerprint density at radius 2 is 1.94 bits per heavy atom. The first kappa shape index (κ1) is 11.7. The topological polar surface area (TPSA) is 37.8 Å². The van der Waals surface area contributed by atoms with E-state index in [0.29, 0.717) is 11.3 Å². The summed E-state index contributed by atoms with van der Waals surface area (Å²) in [6, 6.07) is 0.534. The summed E-state index contributed by atoms with van der Waals surface area (Å²) in [7, 11) is 0. The van der Waals surface area contributed by atoms with Gasteiger partial charge in [-0.2, -0.15) is 11.8 Å². The number of aryl methyl sites for hydroxylation is 1. The molecule has 2 rings (SSSR count). The van der Waals surface area contributed by atoms with Gasteiger partial charge in [-0.05, 0) is 31.6 Å². The molecule has 0 saturated heterocycles. The SMILES string of the molecule is CSC1CCCCC1Nc1ncc(C)cn1. The number of thioether (sulfide) groups is 1. The van der Waals surface area contributed by atoms with E-state index in [4.69, 9.17) is 0 Å². The van der Waals surface area contributed by atoms with Crippen molar-refractivity contribution in [3.05, 3.63) is 18.0 Å². The number of aromatic nitrogens is 2. The van der Waals surface area contributed by atoms with Crippen molar-refractivity contribution in [1.82, 2.24) is 9.97 Å². The fourth-order valence-corrected chi connectivity index (χ4v) is 3.11. The second-order valence-electron chi connectivity index (χ2n) is 4.39. The third-order valence-corrected chi connectivity index (χ3v) is 4.27. The molecule has 1 N–H and O–H groups in total. The summed E-state index contributed by atoms with van der Waals surface area (Å²) in [6.07, 6.45) is 11.2. The lowest BCUT2D eigenvalue weighted by Gasteiger charge is -2.30. The molecule has 1 saturated carbocycles. The predicted octanol–water partition coefficient (Wildman–Crippen LogP) is 2.87. The molecule has 1 aliphatic rings. The standard InChI is InChI=1S/C12H19N3S/c1-9-7-13-12(14-8-9)15-10-5-3-4-6-11(10)16-2/h7-8,10-11H,3-6H2,1-2H3,(H,13,14,15). The fourth-order valence-electron chi connectivity index (χ4n) is 2.18. The Morgan fingerprint density at radius 1 is 1.25 bits per heavy atom. The van der Waals surface area contributed by atoms with E-state index in [-0.39, 0.29) is 0 Å². The van der Waals surface area contributed by atoms with Gasteiger partial charge in [0, 0.05) is 23.7 Å². The molecule has 1 aromatic heterocycles. The van der Waals surface area contributed by atoms with Gasteiger partial charge >= 0.3 is 0 Å². The zero-order valence-electron chi connectivity index (χ0n) is 9.94. The third kappa shape index (κ3) is 2.88. The van der Waals surface area contributed by atoms with Crippen molar-refractivity contribution < 1.29 is 0 Å². The number of rotatable bonds is 3. The monoisotopic (exact) mass is 237 g/mol. The van der Waals surface area contributed by atoms with Crippen LogP contribution in [-0.2, 0) is 0 Å². The number of nitrogens with one attached hydrogen (secondary N) is 1. The highest BCUT2D eigenvalue weighted by Gasteiger charge is 2.24. The van der Waals surface area contributed by atoms with E-state index in [2.05, 4.69) is 21.5 Å². The highest BCUT2D eigenvalue weighted by molar-refractivity contribution is 7.99. The Kier molecular flexibility index (Phi) is 4.04. The van der Waals surface area contributed by atoms with Crippen molar-refractivity contribution in [2.45, 2.75) is 43.9 Å². The molecule has 0 aromatic carbocycles. The van der Waals surface area contributed by atoms with Crippen LogP contribution in [0.5, 0.6) is 0 Å². The van der Waals surface area contributed by atoms with Crippen molar-refractivity contribution in [3.63, 3.8) is 0 Å². The molecule has 4 heteroatoms. The quantitative estimate of drug-likeness (QED) is 0.877. The van der Waals surface area contributed by atoms with Crippen LogP contribution < -0.4 is 5.32 Å². The number of anilines is 1. The van der Waals surface area contributed by atoms with E-state index in [1.54, 1.807) is 0 Å². The Morgan fingerprint density at radius 3 is 2.62 bits per heavy atom. The molecule has 1 fully saturated rings. The van der Waals surface area contributed by atoms with Crippen LogP contribution in [0.2, 0.25) is 0 Å². The predicted molar refractivity (Wildman–Crippen MR) is 70.0 cm³/mol. The van der Waals surface area contributed by atoms with Crippen LogP contribution in [0.15, 0.2) is 12.4 Å². The van der Waals surface area contributed by atoms with Gasteiger partial charge in [-0.3, -0.25) is 0 Å². The zero-order chi connectivity index (χ0) is 11.4. The first-order valence-corrected chi connectivity index (χ1v) is 7.16.